The lowest BCUT2D eigenvalue weighted by molar-refractivity contribution is -0.141. The third-order valence-electron chi connectivity index (χ3n) is 7.86. The standard InChI is InChI=1S/C33H46N4O9S/c1-7-27(32(41)42)37-29(39)20-36(33(37)43)30(22(4)5)31(40)34-26(17-23-11-9-8-10-12-23)28(38)19-35(18-21(2)3)47(44,45)25-15-13-24(46-6)14-16-25/h8-16,20-22,26-28,30,38-39H,7,17-19H2,1-6H3,(H,34,40)(H,41,42)/t26-,27?,28+,30-/m0/s1. The van der Waals surface area contributed by atoms with E-state index >= 15 is 0 Å². The zero-order valence-corrected chi connectivity index (χ0v) is 28.4. The van der Waals surface area contributed by atoms with E-state index in [4.69, 9.17) is 4.74 Å². The number of aromatic hydroxyl groups is 1. The van der Waals surface area contributed by atoms with E-state index in [-0.39, 0.29) is 36.7 Å². The van der Waals surface area contributed by atoms with Crippen LogP contribution in [0.4, 0.5) is 0 Å². The molecule has 2 aromatic carbocycles. The number of rotatable bonds is 17. The molecule has 14 heteroatoms. The van der Waals surface area contributed by atoms with Gasteiger partial charge in [-0.2, -0.15) is 4.31 Å². The van der Waals surface area contributed by atoms with Crippen molar-refractivity contribution < 1.29 is 38.1 Å². The Bertz CT molecular complexity index is 1650. The van der Waals surface area contributed by atoms with Gasteiger partial charge in [0.1, 0.15) is 17.8 Å². The SMILES string of the molecule is CCC(C(=O)O)n1c(O)cn([C@H](C(=O)N[C@@H](Cc2ccccc2)[C@H](O)CN(CC(C)C)S(=O)(=O)c2ccc(OC)cc2)C(C)C)c1=O. The fourth-order valence-corrected chi connectivity index (χ4v) is 7.13. The summed E-state index contributed by atoms with van der Waals surface area (Å²) in [6.07, 6.45) is -0.199. The lowest BCUT2D eigenvalue weighted by Gasteiger charge is -2.32. The second kappa shape index (κ2) is 16.1. The third-order valence-corrected chi connectivity index (χ3v) is 9.70. The maximum Gasteiger partial charge on any atom is 0.332 e. The average Bonchev–Trinajstić information content (AvgIpc) is 3.29. The number of sulfonamides is 1. The van der Waals surface area contributed by atoms with Gasteiger partial charge in [-0.25, -0.2) is 22.6 Å². The quantitative estimate of drug-likeness (QED) is 0.167. The fraction of sp³-hybridized carbons (Fsp3) is 0.485. The predicted molar refractivity (Wildman–Crippen MR) is 176 cm³/mol. The molecule has 0 aliphatic rings. The van der Waals surface area contributed by atoms with Gasteiger partial charge in [0.2, 0.25) is 21.8 Å². The summed E-state index contributed by atoms with van der Waals surface area (Å²) >= 11 is 0. The van der Waals surface area contributed by atoms with Gasteiger partial charge in [0, 0.05) is 13.1 Å². The van der Waals surface area contributed by atoms with E-state index in [0.717, 1.165) is 20.9 Å². The van der Waals surface area contributed by atoms with Crippen LogP contribution < -0.4 is 15.7 Å². The van der Waals surface area contributed by atoms with Crippen LogP contribution in [0.5, 0.6) is 11.6 Å². The lowest BCUT2D eigenvalue weighted by atomic mass is 9.98. The summed E-state index contributed by atoms with van der Waals surface area (Å²) in [7, 11) is -2.59. The molecule has 1 aromatic heterocycles. The van der Waals surface area contributed by atoms with Gasteiger partial charge >= 0.3 is 11.7 Å². The number of carbonyl (C=O) groups excluding carboxylic acids is 1. The van der Waals surface area contributed by atoms with Crippen molar-refractivity contribution >= 4 is 21.9 Å². The maximum atomic E-state index is 13.9. The van der Waals surface area contributed by atoms with Crippen molar-refractivity contribution in [3.8, 4) is 11.6 Å². The predicted octanol–water partition coefficient (Wildman–Crippen LogP) is 3.03. The average molecular weight is 675 g/mol. The van der Waals surface area contributed by atoms with Crippen LogP contribution in [0.2, 0.25) is 0 Å². The Morgan fingerprint density at radius 3 is 2.13 bits per heavy atom. The molecular weight excluding hydrogens is 628 g/mol. The highest BCUT2D eigenvalue weighted by molar-refractivity contribution is 7.89. The number of aliphatic carboxylic acids is 1. The Morgan fingerprint density at radius 1 is 1.00 bits per heavy atom. The van der Waals surface area contributed by atoms with E-state index in [2.05, 4.69) is 5.32 Å². The van der Waals surface area contributed by atoms with Crippen LogP contribution in [-0.4, -0.2) is 81.4 Å². The Balaban J connectivity index is 2.00. The van der Waals surface area contributed by atoms with Crippen LogP contribution in [0.25, 0.3) is 0 Å². The molecule has 0 aliphatic heterocycles. The molecule has 0 spiro atoms. The minimum Gasteiger partial charge on any atom is -0.497 e. The van der Waals surface area contributed by atoms with Crippen LogP contribution in [0.15, 0.2) is 70.5 Å². The molecule has 0 fully saturated rings. The van der Waals surface area contributed by atoms with Crippen LogP contribution in [0.3, 0.4) is 0 Å². The summed E-state index contributed by atoms with van der Waals surface area (Å²) in [5.41, 5.74) is -0.112. The van der Waals surface area contributed by atoms with Crippen LogP contribution in [0.1, 0.15) is 58.7 Å². The maximum absolute atomic E-state index is 13.9. The molecule has 0 aliphatic carbocycles. The topological polar surface area (TPSA) is 180 Å². The molecule has 4 N–H and O–H groups in total. The third kappa shape index (κ3) is 9.02. The molecule has 3 aromatic rings. The summed E-state index contributed by atoms with van der Waals surface area (Å²) in [5.74, 6) is -2.69. The molecule has 47 heavy (non-hydrogen) atoms. The number of methoxy groups -OCH3 is 1. The highest BCUT2D eigenvalue weighted by Crippen LogP contribution is 2.25. The number of aliphatic hydroxyl groups is 1. The second-order valence-electron chi connectivity index (χ2n) is 12.3. The number of aliphatic hydroxyl groups excluding tert-OH is 1. The molecule has 3 rings (SSSR count). The molecule has 0 saturated carbocycles. The number of aromatic nitrogens is 2. The van der Waals surface area contributed by atoms with Crippen LogP contribution in [0, 0.1) is 11.8 Å². The number of carbonyl (C=O) groups is 2. The molecule has 4 atom stereocenters. The van der Waals surface area contributed by atoms with Gasteiger partial charge < -0.3 is 25.4 Å². The molecule has 1 amide bonds. The second-order valence-corrected chi connectivity index (χ2v) is 14.2. The Hall–Kier alpha value is -4.14. The van der Waals surface area contributed by atoms with Crippen molar-refractivity contribution in [1.29, 1.82) is 0 Å². The van der Waals surface area contributed by atoms with E-state index in [9.17, 15) is 38.1 Å². The van der Waals surface area contributed by atoms with Crippen LogP contribution in [-0.2, 0) is 26.0 Å². The van der Waals surface area contributed by atoms with E-state index in [0.29, 0.717) is 5.75 Å². The normalized spacial score (nSPS) is 14.6. The van der Waals surface area contributed by atoms with Crippen molar-refractivity contribution in [2.24, 2.45) is 11.8 Å². The summed E-state index contributed by atoms with van der Waals surface area (Å²) in [6.45, 7) is 8.39. The van der Waals surface area contributed by atoms with Crippen molar-refractivity contribution in [2.75, 3.05) is 20.2 Å². The largest absolute Gasteiger partial charge is 0.497 e. The summed E-state index contributed by atoms with van der Waals surface area (Å²) in [5, 5.41) is 34.6. The lowest BCUT2D eigenvalue weighted by Crippen LogP contribution is -2.53. The van der Waals surface area contributed by atoms with Gasteiger partial charge in [-0.1, -0.05) is 65.0 Å². The number of nitrogens with one attached hydrogen (secondary N) is 1. The Labute approximate surface area is 275 Å². The highest BCUT2D eigenvalue weighted by Gasteiger charge is 2.35. The molecule has 0 saturated heterocycles. The highest BCUT2D eigenvalue weighted by atomic mass is 32.2. The first-order valence-electron chi connectivity index (χ1n) is 15.5. The summed E-state index contributed by atoms with van der Waals surface area (Å²) < 4.78 is 35.6. The van der Waals surface area contributed by atoms with Crippen molar-refractivity contribution in [1.82, 2.24) is 18.8 Å². The van der Waals surface area contributed by atoms with Gasteiger partial charge in [0.05, 0.1) is 30.3 Å². The number of nitrogens with zero attached hydrogens (tertiary/aromatic N) is 3. The van der Waals surface area contributed by atoms with Gasteiger partial charge in [-0.3, -0.25) is 9.36 Å². The number of carboxylic acid groups (broad SMARTS) is 1. The summed E-state index contributed by atoms with van der Waals surface area (Å²) in [4.78, 5) is 39.1. The number of hydrogen-bond donors (Lipinski definition) is 4. The monoisotopic (exact) mass is 674 g/mol. The molecule has 1 heterocycles. The van der Waals surface area contributed by atoms with Crippen molar-refractivity contribution in [2.45, 2.75) is 76.6 Å². The number of hydrogen-bond acceptors (Lipinski definition) is 8. The van der Waals surface area contributed by atoms with Gasteiger partial charge in [-0.05, 0) is 54.5 Å². The smallest absolute Gasteiger partial charge is 0.332 e. The number of ether oxygens (including phenoxy) is 1. The Morgan fingerprint density at radius 2 is 1.62 bits per heavy atom. The minimum absolute atomic E-state index is 0.0169. The van der Waals surface area contributed by atoms with E-state index in [1.54, 1.807) is 32.9 Å². The summed E-state index contributed by atoms with van der Waals surface area (Å²) in [6, 6.07) is 11.4. The Kier molecular flexibility index (Phi) is 12.8. The van der Waals surface area contributed by atoms with Gasteiger partial charge in [0.25, 0.3) is 0 Å². The molecule has 13 nitrogen and oxygen atoms in total. The minimum atomic E-state index is -4.07. The van der Waals surface area contributed by atoms with E-state index < -0.39 is 63.6 Å². The number of carboxylic acids is 1. The van der Waals surface area contributed by atoms with Gasteiger partial charge in [0.15, 0.2) is 0 Å². The van der Waals surface area contributed by atoms with Crippen LogP contribution >= 0.6 is 0 Å². The number of amides is 1. The zero-order chi connectivity index (χ0) is 35.1. The first-order valence-corrected chi connectivity index (χ1v) is 17.0. The zero-order valence-electron chi connectivity index (χ0n) is 27.6. The molecule has 0 radical (unpaired) electrons. The van der Waals surface area contributed by atoms with Gasteiger partial charge in [-0.15, -0.1) is 0 Å². The first kappa shape index (κ1) is 37.3. The number of benzene rings is 2. The van der Waals surface area contributed by atoms with Crippen molar-refractivity contribution in [3.05, 3.63) is 76.8 Å². The molecule has 1 unspecified atom stereocenters. The molecule has 258 valence electrons. The van der Waals surface area contributed by atoms with E-state index in [1.165, 1.54) is 35.7 Å². The van der Waals surface area contributed by atoms with Crippen molar-refractivity contribution in [3.63, 3.8) is 0 Å². The molecule has 0 bridgehead atoms. The fourth-order valence-electron chi connectivity index (χ4n) is 5.50. The molecular formula is C33H46N4O9S. The first-order chi connectivity index (χ1) is 22.1. The van der Waals surface area contributed by atoms with E-state index in [1.807, 2.05) is 32.0 Å². The number of imidazole rings is 1.